The standard InChI is InChI=1S/C25H46O8/c1-2-3-4-5-6-7-8-9-10-11-12-13-14-15-16-31-23-22(21(29)18-27)33-25(30)24(23)32-19-20(28)17-26/h20-22,26-29H,2-19H2,1H3/t20?,21-,22+/m0/s1. The number of hydrogen-bond donors (Lipinski definition) is 4. The molecule has 33 heavy (non-hydrogen) atoms. The molecule has 194 valence electrons. The van der Waals surface area contributed by atoms with E-state index in [0.29, 0.717) is 6.61 Å². The first-order valence-corrected chi connectivity index (χ1v) is 12.8. The van der Waals surface area contributed by atoms with Crippen molar-refractivity contribution in [2.75, 3.05) is 26.4 Å². The number of ether oxygens (including phenoxy) is 3. The lowest BCUT2D eigenvalue weighted by molar-refractivity contribution is -0.149. The zero-order valence-corrected chi connectivity index (χ0v) is 20.4. The summed E-state index contributed by atoms with van der Waals surface area (Å²) in [4.78, 5) is 12.1. The highest BCUT2D eigenvalue weighted by atomic mass is 16.6. The minimum atomic E-state index is -1.33. The van der Waals surface area contributed by atoms with Gasteiger partial charge in [-0.2, -0.15) is 0 Å². The molecule has 0 aromatic rings. The van der Waals surface area contributed by atoms with Crippen LogP contribution < -0.4 is 0 Å². The van der Waals surface area contributed by atoms with E-state index in [0.717, 1.165) is 19.3 Å². The number of esters is 1. The Hall–Kier alpha value is -1.35. The minimum absolute atomic E-state index is 0.0291. The first-order valence-electron chi connectivity index (χ1n) is 12.8. The normalized spacial score (nSPS) is 17.8. The quantitative estimate of drug-likeness (QED) is 0.139. The van der Waals surface area contributed by atoms with E-state index in [1.807, 2.05) is 0 Å². The summed E-state index contributed by atoms with van der Waals surface area (Å²) in [5, 5.41) is 37.5. The zero-order chi connectivity index (χ0) is 24.3. The lowest BCUT2D eigenvalue weighted by atomic mass is 10.0. The summed E-state index contributed by atoms with van der Waals surface area (Å²) in [6, 6.07) is 0. The second-order valence-corrected chi connectivity index (χ2v) is 8.86. The fourth-order valence-electron chi connectivity index (χ4n) is 3.79. The van der Waals surface area contributed by atoms with E-state index in [1.165, 1.54) is 70.6 Å². The van der Waals surface area contributed by atoms with E-state index in [2.05, 4.69) is 6.92 Å². The molecule has 1 heterocycles. The molecule has 0 amide bonds. The van der Waals surface area contributed by atoms with Crippen molar-refractivity contribution in [1.82, 2.24) is 0 Å². The van der Waals surface area contributed by atoms with Crippen LogP contribution in [-0.2, 0) is 19.0 Å². The van der Waals surface area contributed by atoms with Gasteiger partial charge in [0.25, 0.3) is 0 Å². The largest absolute Gasteiger partial charge is 0.490 e. The number of hydrogen-bond acceptors (Lipinski definition) is 8. The maximum atomic E-state index is 12.1. The maximum Gasteiger partial charge on any atom is 0.378 e. The molecule has 8 nitrogen and oxygen atoms in total. The fourth-order valence-corrected chi connectivity index (χ4v) is 3.79. The Morgan fingerprint density at radius 1 is 0.788 bits per heavy atom. The third-order valence-corrected chi connectivity index (χ3v) is 5.82. The molecule has 0 aliphatic carbocycles. The second-order valence-electron chi connectivity index (χ2n) is 8.86. The van der Waals surface area contributed by atoms with Crippen LogP contribution in [0.25, 0.3) is 0 Å². The molecule has 1 aliphatic rings. The van der Waals surface area contributed by atoms with Crippen LogP contribution in [-0.4, -0.2) is 71.1 Å². The number of cyclic esters (lactones) is 1. The number of carbonyl (C=O) groups is 1. The van der Waals surface area contributed by atoms with Gasteiger partial charge in [0, 0.05) is 0 Å². The predicted octanol–water partition coefficient (Wildman–Crippen LogP) is 3.34. The molecule has 1 aliphatic heterocycles. The summed E-state index contributed by atoms with van der Waals surface area (Å²) in [5.74, 6) is -1.03. The van der Waals surface area contributed by atoms with E-state index < -0.39 is 37.5 Å². The molecule has 8 heteroatoms. The lowest BCUT2D eigenvalue weighted by Crippen LogP contribution is -2.32. The Morgan fingerprint density at radius 2 is 1.30 bits per heavy atom. The van der Waals surface area contributed by atoms with Gasteiger partial charge in [-0.1, -0.05) is 90.4 Å². The van der Waals surface area contributed by atoms with Crippen molar-refractivity contribution in [2.45, 2.75) is 115 Å². The average Bonchev–Trinajstić information content (AvgIpc) is 3.14. The van der Waals surface area contributed by atoms with Gasteiger partial charge in [0.1, 0.15) is 18.8 Å². The third kappa shape index (κ3) is 12.6. The summed E-state index contributed by atoms with van der Waals surface area (Å²) in [6.45, 7) is 1.15. The number of rotatable bonds is 22. The zero-order valence-electron chi connectivity index (χ0n) is 20.4. The van der Waals surface area contributed by atoms with Crippen LogP contribution in [0, 0.1) is 0 Å². The van der Waals surface area contributed by atoms with Gasteiger partial charge in [-0.25, -0.2) is 4.79 Å². The van der Waals surface area contributed by atoms with Crippen molar-refractivity contribution in [3.8, 4) is 0 Å². The van der Waals surface area contributed by atoms with Gasteiger partial charge >= 0.3 is 5.97 Å². The monoisotopic (exact) mass is 474 g/mol. The Bertz CT molecular complexity index is 536. The molecule has 0 spiro atoms. The number of carbonyl (C=O) groups excluding carboxylic acids is 1. The molecule has 1 rings (SSSR count). The smallest absolute Gasteiger partial charge is 0.378 e. The van der Waals surface area contributed by atoms with Gasteiger partial charge in [0.05, 0.1) is 19.8 Å². The molecule has 0 aromatic carbocycles. The summed E-state index contributed by atoms with van der Waals surface area (Å²) in [6.07, 6.45) is 13.8. The van der Waals surface area contributed by atoms with E-state index >= 15 is 0 Å². The van der Waals surface area contributed by atoms with Gasteiger partial charge in [0.15, 0.2) is 11.9 Å². The highest BCUT2D eigenvalue weighted by molar-refractivity contribution is 5.89. The summed E-state index contributed by atoms with van der Waals surface area (Å²) < 4.78 is 16.0. The molecular weight excluding hydrogens is 428 g/mol. The average molecular weight is 475 g/mol. The van der Waals surface area contributed by atoms with Crippen LogP contribution in [0.3, 0.4) is 0 Å². The van der Waals surface area contributed by atoms with Gasteiger partial charge in [-0.15, -0.1) is 0 Å². The van der Waals surface area contributed by atoms with Crippen LogP contribution in [0.2, 0.25) is 0 Å². The number of aliphatic hydroxyl groups excluding tert-OH is 4. The van der Waals surface area contributed by atoms with Crippen molar-refractivity contribution in [3.63, 3.8) is 0 Å². The van der Waals surface area contributed by atoms with Crippen molar-refractivity contribution < 1.29 is 39.4 Å². The van der Waals surface area contributed by atoms with Crippen LogP contribution in [0.4, 0.5) is 0 Å². The van der Waals surface area contributed by atoms with E-state index in [4.69, 9.17) is 19.3 Å². The molecule has 0 radical (unpaired) electrons. The van der Waals surface area contributed by atoms with Crippen molar-refractivity contribution in [1.29, 1.82) is 0 Å². The SMILES string of the molecule is CCCCCCCCCCCCCCCCOC1=C(OCC(O)CO)C(=O)O[C@@H]1[C@@H](O)CO. The molecule has 0 saturated heterocycles. The number of unbranched alkanes of at least 4 members (excludes halogenated alkanes) is 13. The topological polar surface area (TPSA) is 126 Å². The van der Waals surface area contributed by atoms with E-state index in [1.54, 1.807) is 0 Å². The van der Waals surface area contributed by atoms with E-state index in [-0.39, 0.29) is 18.1 Å². The fraction of sp³-hybridized carbons (Fsp3) is 0.880. The van der Waals surface area contributed by atoms with Gasteiger partial charge in [-0.05, 0) is 6.42 Å². The van der Waals surface area contributed by atoms with Crippen molar-refractivity contribution in [2.24, 2.45) is 0 Å². The third-order valence-electron chi connectivity index (χ3n) is 5.82. The lowest BCUT2D eigenvalue weighted by Gasteiger charge is -2.18. The van der Waals surface area contributed by atoms with Crippen LogP contribution in [0.1, 0.15) is 96.8 Å². The highest BCUT2D eigenvalue weighted by Gasteiger charge is 2.42. The first kappa shape index (κ1) is 29.7. The Balaban J connectivity index is 2.20. The van der Waals surface area contributed by atoms with Crippen molar-refractivity contribution >= 4 is 5.97 Å². The van der Waals surface area contributed by atoms with Crippen molar-refractivity contribution in [3.05, 3.63) is 11.5 Å². The molecule has 3 atom stereocenters. The summed E-state index contributed by atoms with van der Waals surface area (Å²) >= 11 is 0. The maximum absolute atomic E-state index is 12.1. The Labute approximate surface area is 198 Å². The summed E-state index contributed by atoms with van der Waals surface area (Å²) in [5.41, 5.74) is 0. The molecular formula is C25H46O8. The Morgan fingerprint density at radius 3 is 1.79 bits per heavy atom. The molecule has 0 saturated carbocycles. The van der Waals surface area contributed by atoms with Crippen LogP contribution in [0.5, 0.6) is 0 Å². The van der Waals surface area contributed by atoms with Gasteiger partial charge < -0.3 is 34.6 Å². The molecule has 0 aromatic heterocycles. The molecule has 0 fully saturated rings. The molecule has 4 N–H and O–H groups in total. The Kier molecular flexibility index (Phi) is 17.1. The first-order chi connectivity index (χ1) is 16.0. The molecule has 1 unspecified atom stereocenters. The highest BCUT2D eigenvalue weighted by Crippen LogP contribution is 2.28. The minimum Gasteiger partial charge on any atom is -0.490 e. The van der Waals surface area contributed by atoms with Gasteiger partial charge in [-0.3, -0.25) is 0 Å². The second kappa shape index (κ2) is 19.0. The predicted molar refractivity (Wildman–Crippen MR) is 125 cm³/mol. The number of aliphatic hydroxyl groups is 4. The van der Waals surface area contributed by atoms with E-state index in [9.17, 15) is 20.1 Å². The molecule has 0 bridgehead atoms. The van der Waals surface area contributed by atoms with Crippen LogP contribution >= 0.6 is 0 Å². The van der Waals surface area contributed by atoms with Gasteiger partial charge in [0.2, 0.25) is 5.76 Å². The summed E-state index contributed by atoms with van der Waals surface area (Å²) in [7, 11) is 0. The van der Waals surface area contributed by atoms with Crippen LogP contribution in [0.15, 0.2) is 11.5 Å².